The topological polar surface area (TPSA) is 32.3 Å². The fourth-order valence-corrected chi connectivity index (χ4v) is 3.59. The van der Waals surface area contributed by atoms with E-state index in [9.17, 15) is 5.11 Å². The van der Waals surface area contributed by atoms with E-state index >= 15 is 0 Å². The number of benzene rings is 1. The molecule has 0 amide bonds. The highest BCUT2D eigenvalue weighted by Crippen LogP contribution is 2.28. The van der Waals surface area contributed by atoms with Crippen molar-refractivity contribution in [1.29, 1.82) is 0 Å². The number of aliphatic hydroxyl groups excluding tert-OH is 1. The Kier molecular flexibility index (Phi) is 8.07. The van der Waals surface area contributed by atoms with Gasteiger partial charge in [0.05, 0.1) is 6.61 Å². The maximum Gasteiger partial charge on any atom is 0.0610 e. The number of hydrogen-bond donors (Lipinski definition) is 2. The number of nitrogens with one attached hydrogen (secondary N) is 1. The number of rotatable bonds is 9. The monoisotopic (exact) mass is 345 g/mol. The van der Waals surface area contributed by atoms with Gasteiger partial charge in [-0.1, -0.05) is 25.5 Å². The standard InChI is InChI=1S/C15H24BrNOS/c1-3-17-15(2,12-18)10-6-7-11-19-14-9-5-4-8-13(14)16/h4-5,8-9,17-18H,3,6-7,10-12H2,1-2H3. The first-order valence-electron chi connectivity index (χ1n) is 6.84. The molecular formula is C15H24BrNOS. The van der Waals surface area contributed by atoms with Crippen molar-refractivity contribution in [1.82, 2.24) is 5.32 Å². The molecule has 1 aromatic carbocycles. The molecule has 1 rings (SSSR count). The summed E-state index contributed by atoms with van der Waals surface area (Å²) in [5, 5.41) is 12.8. The molecule has 0 aliphatic rings. The normalized spacial score (nSPS) is 14.3. The summed E-state index contributed by atoms with van der Waals surface area (Å²) in [7, 11) is 0. The molecule has 2 N–H and O–H groups in total. The molecule has 108 valence electrons. The Morgan fingerprint density at radius 2 is 2.05 bits per heavy atom. The van der Waals surface area contributed by atoms with Crippen LogP contribution in [0.1, 0.15) is 33.1 Å². The van der Waals surface area contributed by atoms with Crippen LogP contribution in [0.25, 0.3) is 0 Å². The summed E-state index contributed by atoms with van der Waals surface area (Å²) in [5.74, 6) is 1.12. The Morgan fingerprint density at radius 3 is 2.68 bits per heavy atom. The van der Waals surface area contributed by atoms with Crippen molar-refractivity contribution in [3.63, 3.8) is 0 Å². The summed E-state index contributed by atoms with van der Waals surface area (Å²) in [4.78, 5) is 1.30. The minimum atomic E-state index is -0.118. The lowest BCUT2D eigenvalue weighted by atomic mass is 9.96. The third kappa shape index (κ3) is 6.30. The summed E-state index contributed by atoms with van der Waals surface area (Å²) in [6.07, 6.45) is 3.34. The smallest absolute Gasteiger partial charge is 0.0610 e. The number of halogens is 1. The Bertz CT molecular complexity index is 375. The zero-order valence-electron chi connectivity index (χ0n) is 11.8. The lowest BCUT2D eigenvalue weighted by Crippen LogP contribution is -2.45. The molecule has 4 heteroatoms. The molecule has 0 saturated carbocycles. The van der Waals surface area contributed by atoms with Crippen LogP contribution in [-0.2, 0) is 0 Å². The van der Waals surface area contributed by atoms with Gasteiger partial charge in [0.25, 0.3) is 0 Å². The summed E-state index contributed by atoms with van der Waals surface area (Å²) >= 11 is 5.45. The highest BCUT2D eigenvalue weighted by atomic mass is 79.9. The first-order valence-corrected chi connectivity index (χ1v) is 8.62. The molecule has 1 unspecified atom stereocenters. The van der Waals surface area contributed by atoms with E-state index in [0.717, 1.165) is 25.1 Å². The van der Waals surface area contributed by atoms with Crippen LogP contribution < -0.4 is 5.32 Å². The van der Waals surface area contributed by atoms with E-state index in [4.69, 9.17) is 0 Å². The average Bonchev–Trinajstić information content (AvgIpc) is 2.41. The van der Waals surface area contributed by atoms with Crippen LogP contribution in [-0.4, -0.2) is 29.5 Å². The van der Waals surface area contributed by atoms with Crippen molar-refractivity contribution in [3.8, 4) is 0 Å². The van der Waals surface area contributed by atoms with E-state index in [1.165, 1.54) is 15.8 Å². The Balaban J connectivity index is 2.23. The van der Waals surface area contributed by atoms with Gasteiger partial charge < -0.3 is 10.4 Å². The number of hydrogen-bond acceptors (Lipinski definition) is 3. The van der Waals surface area contributed by atoms with E-state index in [2.05, 4.69) is 53.3 Å². The molecule has 1 atom stereocenters. The van der Waals surface area contributed by atoms with Gasteiger partial charge in [-0.3, -0.25) is 0 Å². The van der Waals surface area contributed by atoms with Gasteiger partial charge in [0.2, 0.25) is 0 Å². The second-order valence-corrected chi connectivity index (χ2v) is 6.98. The molecule has 0 heterocycles. The molecule has 0 fully saturated rings. The lowest BCUT2D eigenvalue weighted by molar-refractivity contribution is 0.165. The molecule has 2 nitrogen and oxygen atoms in total. The molecule has 1 aromatic rings. The van der Waals surface area contributed by atoms with Crippen molar-refractivity contribution in [2.24, 2.45) is 0 Å². The van der Waals surface area contributed by atoms with E-state index in [1.54, 1.807) is 0 Å². The predicted octanol–water partition coefficient (Wildman–Crippen LogP) is 4.07. The maximum atomic E-state index is 9.41. The van der Waals surface area contributed by atoms with Gasteiger partial charge in [-0.15, -0.1) is 11.8 Å². The third-order valence-corrected chi connectivity index (χ3v) is 5.28. The molecule has 0 radical (unpaired) electrons. The van der Waals surface area contributed by atoms with Gasteiger partial charge in [0, 0.05) is 14.9 Å². The number of thioether (sulfide) groups is 1. The average molecular weight is 346 g/mol. The predicted molar refractivity (Wildman–Crippen MR) is 87.9 cm³/mol. The van der Waals surface area contributed by atoms with Crippen LogP contribution in [0.2, 0.25) is 0 Å². The van der Waals surface area contributed by atoms with Gasteiger partial charge in [-0.2, -0.15) is 0 Å². The van der Waals surface area contributed by atoms with Gasteiger partial charge in [0.15, 0.2) is 0 Å². The molecular weight excluding hydrogens is 322 g/mol. The van der Waals surface area contributed by atoms with E-state index in [0.29, 0.717) is 0 Å². The van der Waals surface area contributed by atoms with Gasteiger partial charge in [0.1, 0.15) is 0 Å². The fraction of sp³-hybridized carbons (Fsp3) is 0.600. The molecule has 0 aliphatic carbocycles. The Hall–Kier alpha value is -0.0300. The summed E-state index contributed by atoms with van der Waals surface area (Å²) in [6.45, 7) is 5.29. The van der Waals surface area contributed by atoms with Crippen LogP contribution >= 0.6 is 27.7 Å². The maximum absolute atomic E-state index is 9.41. The molecule has 19 heavy (non-hydrogen) atoms. The molecule has 0 aliphatic heterocycles. The minimum absolute atomic E-state index is 0.118. The lowest BCUT2D eigenvalue weighted by Gasteiger charge is -2.28. The highest BCUT2D eigenvalue weighted by molar-refractivity contribution is 9.10. The van der Waals surface area contributed by atoms with Gasteiger partial charge in [-0.05, 0) is 60.1 Å². The fourth-order valence-electron chi connectivity index (χ4n) is 2.01. The zero-order chi connectivity index (χ0) is 14.1. The summed E-state index contributed by atoms with van der Waals surface area (Å²) in [6, 6.07) is 8.33. The number of unbranched alkanes of at least 4 members (excludes halogenated alkanes) is 1. The summed E-state index contributed by atoms with van der Waals surface area (Å²) in [5.41, 5.74) is -0.118. The Labute approximate surface area is 129 Å². The quantitative estimate of drug-likeness (QED) is 0.522. The summed E-state index contributed by atoms with van der Waals surface area (Å²) < 4.78 is 1.17. The molecule has 0 aromatic heterocycles. The van der Waals surface area contributed by atoms with Crippen molar-refractivity contribution in [3.05, 3.63) is 28.7 Å². The number of likely N-dealkylation sites (N-methyl/N-ethyl adjacent to an activating group) is 1. The van der Waals surface area contributed by atoms with E-state index in [1.807, 2.05) is 17.8 Å². The third-order valence-electron chi connectivity index (χ3n) is 3.17. The minimum Gasteiger partial charge on any atom is -0.394 e. The molecule has 0 spiro atoms. The van der Waals surface area contributed by atoms with Gasteiger partial charge in [-0.25, -0.2) is 0 Å². The van der Waals surface area contributed by atoms with Gasteiger partial charge >= 0.3 is 0 Å². The van der Waals surface area contributed by atoms with E-state index in [-0.39, 0.29) is 12.1 Å². The highest BCUT2D eigenvalue weighted by Gasteiger charge is 2.20. The second-order valence-electron chi connectivity index (χ2n) is 4.99. The van der Waals surface area contributed by atoms with Crippen molar-refractivity contribution in [2.45, 2.75) is 43.5 Å². The molecule has 0 bridgehead atoms. The van der Waals surface area contributed by atoms with Crippen molar-refractivity contribution >= 4 is 27.7 Å². The SMILES string of the molecule is CCNC(C)(CO)CCCCSc1ccccc1Br. The zero-order valence-corrected chi connectivity index (χ0v) is 14.2. The largest absolute Gasteiger partial charge is 0.394 e. The van der Waals surface area contributed by atoms with Crippen molar-refractivity contribution in [2.75, 3.05) is 18.9 Å². The first-order chi connectivity index (χ1) is 9.11. The second kappa shape index (κ2) is 9.01. The van der Waals surface area contributed by atoms with Crippen LogP contribution in [0, 0.1) is 0 Å². The first kappa shape index (κ1) is 17.0. The molecule has 0 saturated heterocycles. The van der Waals surface area contributed by atoms with E-state index < -0.39 is 0 Å². The Morgan fingerprint density at radius 1 is 1.32 bits per heavy atom. The number of aliphatic hydroxyl groups is 1. The van der Waals surface area contributed by atoms with Crippen LogP contribution in [0.5, 0.6) is 0 Å². The van der Waals surface area contributed by atoms with Crippen LogP contribution in [0.4, 0.5) is 0 Å². The van der Waals surface area contributed by atoms with Crippen LogP contribution in [0.15, 0.2) is 33.6 Å². The van der Waals surface area contributed by atoms with Crippen LogP contribution in [0.3, 0.4) is 0 Å². The van der Waals surface area contributed by atoms with Crippen molar-refractivity contribution < 1.29 is 5.11 Å².